The standard InChI is InChI=1S/C47H29N5/c1-3-12-36(35(4-2)38-14-6-9-18-44(38)52-45-19-10-7-15-39(45)40-26-32(29-49)22-24-47(40)52)37-16-11-20-46(41(37)30-50)51-42-17-8-5-13-33(42)27-34-25-31(28-48)21-23-43(34)51/h1,4-26H,27H2,2H3/b35-4+,36-12+. The number of hydrogen-bond acceptors (Lipinski definition) is 4. The lowest BCUT2D eigenvalue weighted by atomic mass is 9.87. The summed E-state index contributed by atoms with van der Waals surface area (Å²) >= 11 is 0. The van der Waals surface area contributed by atoms with Crippen molar-refractivity contribution in [1.82, 2.24) is 4.57 Å². The minimum Gasteiger partial charge on any atom is -0.309 e. The lowest BCUT2D eigenvalue weighted by Crippen LogP contribution is -2.20. The Bertz CT molecular complexity index is 2840. The Morgan fingerprint density at radius 1 is 0.596 bits per heavy atom. The average molecular weight is 664 g/mol. The summed E-state index contributed by atoms with van der Waals surface area (Å²) in [5.74, 6) is 2.78. The number of terminal acetylenes is 1. The third-order valence-corrected chi connectivity index (χ3v) is 9.79. The van der Waals surface area contributed by atoms with E-state index < -0.39 is 0 Å². The number of anilines is 3. The summed E-state index contributed by atoms with van der Waals surface area (Å²) in [5, 5.41) is 32.4. The van der Waals surface area contributed by atoms with Gasteiger partial charge in [-0.2, -0.15) is 15.8 Å². The molecule has 5 heteroatoms. The zero-order valence-corrected chi connectivity index (χ0v) is 28.3. The van der Waals surface area contributed by atoms with E-state index in [-0.39, 0.29) is 0 Å². The van der Waals surface area contributed by atoms with Gasteiger partial charge in [0.25, 0.3) is 0 Å². The summed E-state index contributed by atoms with van der Waals surface area (Å²) in [7, 11) is 0. The Balaban J connectivity index is 1.34. The maximum Gasteiger partial charge on any atom is 0.102 e. The highest BCUT2D eigenvalue weighted by Crippen LogP contribution is 2.47. The molecule has 0 saturated heterocycles. The van der Waals surface area contributed by atoms with Crippen molar-refractivity contribution in [3.8, 4) is 36.2 Å². The van der Waals surface area contributed by atoms with Gasteiger partial charge in [-0.1, -0.05) is 78.7 Å². The predicted molar refractivity (Wildman–Crippen MR) is 209 cm³/mol. The molecule has 0 N–H and O–H groups in total. The van der Waals surface area contributed by atoms with E-state index in [1.54, 1.807) is 6.08 Å². The van der Waals surface area contributed by atoms with E-state index in [2.05, 4.69) is 70.0 Å². The van der Waals surface area contributed by atoms with Crippen LogP contribution in [0.15, 0.2) is 140 Å². The van der Waals surface area contributed by atoms with Crippen molar-refractivity contribution in [2.45, 2.75) is 13.3 Å². The summed E-state index contributed by atoms with van der Waals surface area (Å²) in [4.78, 5) is 2.13. The Morgan fingerprint density at radius 3 is 2.04 bits per heavy atom. The van der Waals surface area contributed by atoms with Crippen molar-refractivity contribution >= 4 is 50.0 Å². The topological polar surface area (TPSA) is 79.5 Å². The molecule has 1 aromatic heterocycles. The smallest absolute Gasteiger partial charge is 0.102 e. The number of fused-ring (bicyclic) bond motifs is 5. The molecule has 0 saturated carbocycles. The molecule has 2 heterocycles. The van der Waals surface area contributed by atoms with Gasteiger partial charge in [-0.15, -0.1) is 6.42 Å². The molecule has 0 bridgehead atoms. The summed E-state index contributed by atoms with van der Waals surface area (Å²) in [6, 6.07) is 49.1. The fourth-order valence-corrected chi connectivity index (χ4v) is 7.59. The van der Waals surface area contributed by atoms with E-state index in [1.165, 1.54) is 0 Å². The SMILES string of the molecule is C#C/C=C(\C(=C/C)c1ccccc1-n1c2ccccc2c2cc(C#N)ccc21)c1cccc(N2c3ccccc3Cc3cc(C#N)ccc32)c1C#N. The molecule has 6 aromatic carbocycles. The van der Waals surface area contributed by atoms with Crippen LogP contribution in [0, 0.1) is 46.3 Å². The molecular formula is C47H29N5. The van der Waals surface area contributed by atoms with E-state index in [9.17, 15) is 15.8 Å². The molecule has 1 aliphatic rings. The molecule has 0 radical (unpaired) electrons. The Morgan fingerprint density at radius 2 is 1.25 bits per heavy atom. The summed E-state index contributed by atoms with van der Waals surface area (Å²) in [6.07, 6.45) is 10.5. The third-order valence-electron chi connectivity index (χ3n) is 9.79. The van der Waals surface area contributed by atoms with E-state index in [0.29, 0.717) is 28.7 Å². The highest BCUT2D eigenvalue weighted by atomic mass is 15.2. The molecule has 7 aromatic rings. The molecule has 0 amide bonds. The lowest BCUT2D eigenvalue weighted by Gasteiger charge is -2.34. The maximum absolute atomic E-state index is 11.0. The molecule has 1 aliphatic heterocycles. The van der Waals surface area contributed by atoms with Gasteiger partial charge in [0.15, 0.2) is 0 Å². The first-order valence-corrected chi connectivity index (χ1v) is 16.9. The Labute approximate surface area is 302 Å². The first kappa shape index (κ1) is 31.7. The summed E-state index contributed by atoms with van der Waals surface area (Å²) in [6.45, 7) is 1.99. The van der Waals surface area contributed by atoms with Crippen molar-refractivity contribution in [2.24, 2.45) is 0 Å². The monoisotopic (exact) mass is 663 g/mol. The largest absolute Gasteiger partial charge is 0.309 e. The fraction of sp³-hybridized carbons (Fsp3) is 0.0426. The van der Waals surface area contributed by atoms with Gasteiger partial charge in [0.2, 0.25) is 0 Å². The number of aromatic nitrogens is 1. The minimum absolute atomic E-state index is 0.480. The number of rotatable bonds is 5. The molecular weight excluding hydrogens is 635 g/mol. The zero-order valence-electron chi connectivity index (χ0n) is 28.3. The highest BCUT2D eigenvalue weighted by Gasteiger charge is 2.28. The normalized spacial score (nSPS) is 12.4. The molecule has 0 atom stereocenters. The van der Waals surface area contributed by atoms with Crippen molar-refractivity contribution in [3.05, 3.63) is 178 Å². The average Bonchev–Trinajstić information content (AvgIpc) is 3.53. The van der Waals surface area contributed by atoms with Gasteiger partial charge >= 0.3 is 0 Å². The van der Waals surface area contributed by atoms with Crippen LogP contribution in [0.1, 0.15) is 45.9 Å². The van der Waals surface area contributed by atoms with E-state index in [0.717, 1.165) is 72.4 Å². The van der Waals surface area contributed by atoms with Gasteiger partial charge in [0.1, 0.15) is 6.07 Å². The quantitative estimate of drug-likeness (QED) is 0.136. The van der Waals surface area contributed by atoms with Crippen LogP contribution in [-0.2, 0) is 6.42 Å². The minimum atomic E-state index is 0.480. The van der Waals surface area contributed by atoms with Crippen molar-refractivity contribution < 1.29 is 0 Å². The van der Waals surface area contributed by atoms with Crippen LogP contribution in [0.2, 0.25) is 0 Å². The van der Waals surface area contributed by atoms with Crippen molar-refractivity contribution in [3.63, 3.8) is 0 Å². The number of nitriles is 3. The Hall–Kier alpha value is -7.57. The number of hydrogen-bond donors (Lipinski definition) is 0. The van der Waals surface area contributed by atoms with E-state index >= 15 is 0 Å². The van der Waals surface area contributed by atoms with E-state index in [4.69, 9.17) is 6.42 Å². The van der Waals surface area contributed by atoms with Gasteiger partial charge in [-0.3, -0.25) is 0 Å². The first-order chi connectivity index (χ1) is 25.6. The molecule has 8 rings (SSSR count). The van der Waals surface area contributed by atoms with Crippen LogP contribution in [0.4, 0.5) is 17.1 Å². The maximum atomic E-state index is 11.0. The molecule has 242 valence electrons. The second-order valence-electron chi connectivity index (χ2n) is 12.5. The van der Waals surface area contributed by atoms with Crippen LogP contribution in [0.25, 0.3) is 38.6 Å². The van der Waals surface area contributed by atoms with Crippen LogP contribution < -0.4 is 4.90 Å². The summed E-state index contributed by atoms with van der Waals surface area (Å²) in [5.41, 5.74) is 12.6. The highest BCUT2D eigenvalue weighted by molar-refractivity contribution is 6.12. The molecule has 0 fully saturated rings. The van der Waals surface area contributed by atoms with Gasteiger partial charge in [0.05, 0.1) is 51.2 Å². The number of para-hydroxylation sites is 3. The second-order valence-corrected chi connectivity index (χ2v) is 12.5. The molecule has 0 spiro atoms. The first-order valence-electron chi connectivity index (χ1n) is 16.9. The third kappa shape index (κ3) is 5.02. The predicted octanol–water partition coefficient (Wildman–Crippen LogP) is 10.9. The van der Waals surface area contributed by atoms with Gasteiger partial charge in [-0.05, 0) is 95.9 Å². The number of benzene rings is 6. The number of nitrogens with zero attached hydrogens (tertiary/aromatic N) is 5. The number of allylic oxidation sites excluding steroid dienone is 4. The van der Waals surface area contributed by atoms with Gasteiger partial charge in [0, 0.05) is 39.7 Å². The molecule has 5 nitrogen and oxygen atoms in total. The summed E-state index contributed by atoms with van der Waals surface area (Å²) < 4.78 is 2.23. The van der Waals surface area contributed by atoms with Gasteiger partial charge in [-0.25, -0.2) is 0 Å². The second kappa shape index (κ2) is 13.0. The zero-order chi connectivity index (χ0) is 35.8. The Kier molecular flexibility index (Phi) is 7.95. The molecule has 0 unspecified atom stereocenters. The van der Waals surface area contributed by atoms with Gasteiger partial charge < -0.3 is 9.47 Å². The van der Waals surface area contributed by atoms with Crippen LogP contribution in [0.3, 0.4) is 0 Å². The van der Waals surface area contributed by atoms with E-state index in [1.807, 2.05) is 104 Å². The van der Waals surface area contributed by atoms with Crippen LogP contribution >= 0.6 is 0 Å². The fourth-order valence-electron chi connectivity index (χ4n) is 7.59. The molecule has 0 aliphatic carbocycles. The van der Waals surface area contributed by atoms with Crippen LogP contribution in [-0.4, -0.2) is 4.57 Å². The van der Waals surface area contributed by atoms with Crippen molar-refractivity contribution in [1.29, 1.82) is 15.8 Å². The van der Waals surface area contributed by atoms with Crippen LogP contribution in [0.5, 0.6) is 0 Å². The lowest BCUT2D eigenvalue weighted by molar-refractivity contribution is 1.08. The molecule has 52 heavy (non-hydrogen) atoms. The van der Waals surface area contributed by atoms with Crippen molar-refractivity contribution in [2.75, 3.05) is 4.90 Å².